The molecule has 0 atom stereocenters. The maximum atomic E-state index is 11.5. The molecule has 23 heavy (non-hydrogen) atoms. The lowest BCUT2D eigenvalue weighted by molar-refractivity contribution is 0.318. The number of nitrogens with one attached hydrogen (secondary N) is 2. The lowest BCUT2D eigenvalue weighted by Gasteiger charge is -2.11. The monoisotopic (exact) mass is 352 g/mol. The van der Waals surface area contributed by atoms with E-state index in [9.17, 15) is 4.79 Å². The van der Waals surface area contributed by atoms with Gasteiger partial charge in [0.2, 0.25) is 5.95 Å². The Labute approximate surface area is 142 Å². The highest BCUT2D eigenvalue weighted by atomic mass is 35.5. The second-order valence-electron chi connectivity index (χ2n) is 5.10. The summed E-state index contributed by atoms with van der Waals surface area (Å²) in [5, 5.41) is 5.17. The van der Waals surface area contributed by atoms with Crippen molar-refractivity contribution in [2.45, 2.75) is 19.8 Å². The number of aromatic amines is 1. The number of fused-ring (bicyclic) bond motifs is 1. The number of aryl methyl sites for hydroxylation is 1. The highest BCUT2D eigenvalue weighted by Crippen LogP contribution is 2.37. The fourth-order valence-corrected chi connectivity index (χ4v) is 2.69. The quantitative estimate of drug-likeness (QED) is 0.812. The van der Waals surface area contributed by atoms with Crippen LogP contribution in [0.5, 0.6) is 5.75 Å². The molecule has 0 spiro atoms. The zero-order valence-corrected chi connectivity index (χ0v) is 13.8. The van der Waals surface area contributed by atoms with Crippen LogP contribution in [0, 0.1) is 6.92 Å². The molecule has 0 unspecified atom stereocenters. The van der Waals surface area contributed by atoms with E-state index in [-0.39, 0.29) is 11.5 Å². The van der Waals surface area contributed by atoms with E-state index in [4.69, 9.17) is 27.9 Å². The molecule has 2 N–H and O–H groups in total. The van der Waals surface area contributed by atoms with Crippen molar-refractivity contribution in [3.8, 4) is 5.75 Å². The number of hydrogen-bond donors (Lipinski definition) is 2. The lowest BCUT2D eigenvalue weighted by Crippen LogP contribution is -2.12. The normalized spacial score (nSPS) is 15.7. The first kappa shape index (κ1) is 15.8. The van der Waals surface area contributed by atoms with Crippen LogP contribution in [0.15, 0.2) is 28.1 Å². The summed E-state index contributed by atoms with van der Waals surface area (Å²) in [7, 11) is 0. The minimum absolute atomic E-state index is 0.236. The molecule has 0 fully saturated rings. The van der Waals surface area contributed by atoms with E-state index in [0.29, 0.717) is 34.5 Å². The molecule has 6 nitrogen and oxygen atoms in total. The average molecular weight is 353 g/mol. The summed E-state index contributed by atoms with van der Waals surface area (Å²) in [6, 6.07) is 4.94. The van der Waals surface area contributed by atoms with Crippen molar-refractivity contribution in [3.63, 3.8) is 0 Å². The van der Waals surface area contributed by atoms with Gasteiger partial charge >= 0.3 is 0 Å². The van der Waals surface area contributed by atoms with Crippen LogP contribution in [0.25, 0.3) is 0 Å². The van der Waals surface area contributed by atoms with Gasteiger partial charge in [0.1, 0.15) is 10.8 Å². The summed E-state index contributed by atoms with van der Waals surface area (Å²) in [4.78, 5) is 18.2. The van der Waals surface area contributed by atoms with Gasteiger partial charge in [0.25, 0.3) is 5.56 Å². The van der Waals surface area contributed by atoms with E-state index < -0.39 is 0 Å². The minimum Gasteiger partial charge on any atom is -0.491 e. The van der Waals surface area contributed by atoms with Crippen LogP contribution in [0.4, 0.5) is 5.95 Å². The Balaban J connectivity index is 1.97. The van der Waals surface area contributed by atoms with Crippen LogP contribution in [-0.2, 0) is 0 Å². The standard InChI is InChI=1S/C15H14Cl2N4O2/c1-8-7-12(22)19-15(18-8)21-20-11-3-2-6-23-14-9(11)4-5-10(16)13(14)17/h4-5,7H,2-3,6H2,1H3,(H2,18,19,21,22)/b20-11-. The summed E-state index contributed by atoms with van der Waals surface area (Å²) in [5.41, 5.74) is 4.70. The average Bonchev–Trinajstić information content (AvgIpc) is 2.70. The van der Waals surface area contributed by atoms with Crippen molar-refractivity contribution >= 4 is 34.9 Å². The number of rotatable bonds is 2. The van der Waals surface area contributed by atoms with Crippen LogP contribution in [0.2, 0.25) is 10.0 Å². The first-order chi connectivity index (χ1) is 11.0. The van der Waals surface area contributed by atoms with Gasteiger partial charge in [-0.05, 0) is 31.9 Å². The molecule has 3 rings (SSSR count). The van der Waals surface area contributed by atoms with Crippen molar-refractivity contribution in [2.75, 3.05) is 12.0 Å². The maximum absolute atomic E-state index is 11.5. The SMILES string of the molecule is Cc1cc(=O)[nH]c(N/N=C2/CCCOc3c2ccc(Cl)c3Cl)n1. The third kappa shape index (κ3) is 3.48. The van der Waals surface area contributed by atoms with Crippen molar-refractivity contribution in [1.82, 2.24) is 9.97 Å². The van der Waals surface area contributed by atoms with E-state index in [2.05, 4.69) is 20.5 Å². The molecule has 1 aliphatic rings. The summed E-state index contributed by atoms with van der Waals surface area (Å²) in [6.45, 7) is 2.27. The molecule has 1 aromatic heterocycles. The first-order valence-corrected chi connectivity index (χ1v) is 7.82. The van der Waals surface area contributed by atoms with Gasteiger partial charge in [0, 0.05) is 17.3 Å². The number of hydrogen-bond acceptors (Lipinski definition) is 5. The lowest BCUT2D eigenvalue weighted by atomic mass is 10.1. The molecule has 2 heterocycles. The summed E-state index contributed by atoms with van der Waals surface area (Å²) in [6.07, 6.45) is 1.49. The second-order valence-corrected chi connectivity index (χ2v) is 5.88. The number of nitrogens with zero attached hydrogens (tertiary/aromatic N) is 2. The van der Waals surface area contributed by atoms with Crippen LogP contribution in [0.1, 0.15) is 24.1 Å². The number of H-pyrrole nitrogens is 1. The molecule has 1 aliphatic heterocycles. The number of aromatic nitrogens is 2. The van der Waals surface area contributed by atoms with Crippen molar-refractivity contribution in [3.05, 3.63) is 49.9 Å². The summed E-state index contributed by atoms with van der Waals surface area (Å²) < 4.78 is 5.68. The molecule has 0 radical (unpaired) electrons. The molecule has 0 amide bonds. The van der Waals surface area contributed by atoms with E-state index >= 15 is 0 Å². The smallest absolute Gasteiger partial charge is 0.252 e. The molecule has 8 heteroatoms. The zero-order valence-electron chi connectivity index (χ0n) is 12.3. The van der Waals surface area contributed by atoms with Gasteiger partial charge in [-0.3, -0.25) is 9.78 Å². The molecular weight excluding hydrogens is 339 g/mol. The number of ether oxygens (including phenoxy) is 1. The Morgan fingerprint density at radius 3 is 3.00 bits per heavy atom. The van der Waals surface area contributed by atoms with Gasteiger partial charge in [-0.1, -0.05) is 23.2 Å². The third-order valence-corrected chi connectivity index (χ3v) is 4.12. The van der Waals surface area contributed by atoms with Gasteiger partial charge in [0.05, 0.1) is 17.3 Å². The fourth-order valence-electron chi connectivity index (χ4n) is 2.32. The zero-order chi connectivity index (χ0) is 16.4. The Hall–Kier alpha value is -2.05. The van der Waals surface area contributed by atoms with Gasteiger partial charge in [-0.25, -0.2) is 10.4 Å². The van der Waals surface area contributed by atoms with Crippen LogP contribution in [0.3, 0.4) is 0 Å². The summed E-state index contributed by atoms with van der Waals surface area (Å²) >= 11 is 12.3. The number of anilines is 1. The van der Waals surface area contributed by atoms with Gasteiger partial charge in [-0.2, -0.15) is 5.10 Å². The maximum Gasteiger partial charge on any atom is 0.252 e. The highest BCUT2D eigenvalue weighted by Gasteiger charge is 2.20. The Morgan fingerprint density at radius 1 is 1.39 bits per heavy atom. The predicted molar refractivity (Wildman–Crippen MR) is 90.9 cm³/mol. The van der Waals surface area contributed by atoms with E-state index in [0.717, 1.165) is 17.7 Å². The van der Waals surface area contributed by atoms with Crippen LogP contribution >= 0.6 is 23.2 Å². The van der Waals surface area contributed by atoms with Crippen molar-refractivity contribution in [2.24, 2.45) is 5.10 Å². The third-order valence-electron chi connectivity index (χ3n) is 3.33. The van der Waals surface area contributed by atoms with Crippen molar-refractivity contribution in [1.29, 1.82) is 0 Å². The molecule has 1 aromatic carbocycles. The van der Waals surface area contributed by atoms with Gasteiger partial charge < -0.3 is 4.74 Å². The Bertz CT molecular complexity index is 833. The topological polar surface area (TPSA) is 79.4 Å². The Kier molecular flexibility index (Phi) is 4.54. The number of halogens is 2. The van der Waals surface area contributed by atoms with E-state index in [1.165, 1.54) is 6.07 Å². The molecule has 0 bridgehead atoms. The highest BCUT2D eigenvalue weighted by molar-refractivity contribution is 6.43. The van der Waals surface area contributed by atoms with Gasteiger partial charge in [-0.15, -0.1) is 0 Å². The molecule has 0 saturated heterocycles. The predicted octanol–water partition coefficient (Wildman–Crippen LogP) is 3.37. The molecule has 0 saturated carbocycles. The minimum atomic E-state index is -0.236. The molecule has 0 aliphatic carbocycles. The number of hydrazone groups is 1. The number of benzene rings is 1. The van der Waals surface area contributed by atoms with Crippen molar-refractivity contribution < 1.29 is 4.74 Å². The Morgan fingerprint density at radius 2 is 2.22 bits per heavy atom. The molecular formula is C15H14Cl2N4O2. The van der Waals surface area contributed by atoms with Crippen LogP contribution < -0.4 is 15.7 Å². The molecule has 2 aromatic rings. The van der Waals surface area contributed by atoms with Gasteiger partial charge in [0.15, 0.2) is 0 Å². The first-order valence-electron chi connectivity index (χ1n) is 7.06. The van der Waals surface area contributed by atoms with Crippen LogP contribution in [-0.4, -0.2) is 22.3 Å². The van der Waals surface area contributed by atoms with E-state index in [1.807, 2.05) is 6.07 Å². The molecule has 120 valence electrons. The largest absolute Gasteiger partial charge is 0.491 e. The van der Waals surface area contributed by atoms with E-state index in [1.54, 1.807) is 13.0 Å². The second kappa shape index (κ2) is 6.60. The summed E-state index contributed by atoms with van der Waals surface area (Å²) in [5.74, 6) is 0.817. The fraction of sp³-hybridized carbons (Fsp3) is 0.267.